The zero-order valence-corrected chi connectivity index (χ0v) is 17.2. The number of aromatic nitrogens is 3. The summed E-state index contributed by atoms with van der Waals surface area (Å²) in [6.07, 6.45) is 0. The highest BCUT2D eigenvalue weighted by molar-refractivity contribution is 7.99. The summed E-state index contributed by atoms with van der Waals surface area (Å²) < 4.78 is 15.1. The van der Waals surface area contributed by atoms with Crippen molar-refractivity contribution in [3.05, 3.63) is 59.9 Å². The van der Waals surface area contributed by atoms with E-state index in [1.165, 1.54) is 29.5 Å². The van der Waals surface area contributed by atoms with Crippen molar-refractivity contribution < 1.29 is 9.18 Å². The fourth-order valence-electron chi connectivity index (χ4n) is 2.70. The predicted molar refractivity (Wildman–Crippen MR) is 111 cm³/mol. The molecule has 0 aliphatic carbocycles. The fraction of sp³-hybridized carbons (Fsp3) is 0.286. The predicted octanol–water partition coefficient (Wildman–Crippen LogP) is 4.65. The Labute approximate surface area is 168 Å². The van der Waals surface area contributed by atoms with Gasteiger partial charge in [-0.3, -0.25) is 4.79 Å². The summed E-state index contributed by atoms with van der Waals surface area (Å²) in [4.78, 5) is 12.1. The van der Waals surface area contributed by atoms with Gasteiger partial charge in [0.2, 0.25) is 5.91 Å². The maximum Gasteiger partial charge on any atom is 0.234 e. The molecule has 146 valence electrons. The summed E-state index contributed by atoms with van der Waals surface area (Å²) in [6, 6.07) is 14.1. The number of hydrogen-bond donors (Lipinski definition) is 1. The number of amides is 1. The summed E-state index contributed by atoms with van der Waals surface area (Å²) in [5, 5.41) is 11.8. The van der Waals surface area contributed by atoms with E-state index in [0.29, 0.717) is 10.8 Å². The van der Waals surface area contributed by atoms with Crippen molar-refractivity contribution >= 4 is 23.4 Å². The lowest BCUT2D eigenvalue weighted by Gasteiger charge is -2.19. The van der Waals surface area contributed by atoms with Crippen LogP contribution in [-0.4, -0.2) is 26.4 Å². The second-order valence-electron chi connectivity index (χ2n) is 7.54. The maximum atomic E-state index is 13.2. The van der Waals surface area contributed by atoms with Crippen molar-refractivity contribution in [1.29, 1.82) is 0 Å². The fourth-order valence-corrected chi connectivity index (χ4v) is 3.42. The minimum atomic E-state index is -0.388. The van der Waals surface area contributed by atoms with E-state index >= 15 is 0 Å². The molecule has 1 amide bonds. The molecule has 0 saturated heterocycles. The van der Waals surface area contributed by atoms with E-state index in [4.69, 9.17) is 0 Å². The molecule has 0 radical (unpaired) electrons. The zero-order valence-electron chi connectivity index (χ0n) is 16.4. The summed E-state index contributed by atoms with van der Waals surface area (Å²) in [7, 11) is 1.87. The second-order valence-corrected chi connectivity index (χ2v) is 8.48. The first kappa shape index (κ1) is 20.1. The molecule has 28 heavy (non-hydrogen) atoms. The molecule has 1 heterocycles. The van der Waals surface area contributed by atoms with Gasteiger partial charge in [-0.05, 0) is 29.2 Å². The lowest BCUT2D eigenvalue weighted by atomic mass is 9.87. The van der Waals surface area contributed by atoms with Crippen molar-refractivity contribution in [2.24, 2.45) is 7.05 Å². The molecule has 1 N–H and O–H groups in total. The van der Waals surface area contributed by atoms with E-state index in [1.54, 1.807) is 12.1 Å². The van der Waals surface area contributed by atoms with Gasteiger partial charge in [-0.2, -0.15) is 0 Å². The van der Waals surface area contributed by atoms with Gasteiger partial charge in [0.25, 0.3) is 0 Å². The van der Waals surface area contributed by atoms with Crippen LogP contribution >= 0.6 is 11.8 Å². The molecule has 5 nitrogen and oxygen atoms in total. The van der Waals surface area contributed by atoms with Crippen LogP contribution in [0.5, 0.6) is 0 Å². The summed E-state index contributed by atoms with van der Waals surface area (Å²) >= 11 is 1.29. The normalized spacial score (nSPS) is 11.5. The third kappa shape index (κ3) is 4.78. The SMILES string of the molecule is Cn1c(SCC(=O)Nc2cccc(F)c2)nnc1-c1ccc(C(C)(C)C)cc1. The summed E-state index contributed by atoms with van der Waals surface area (Å²) in [6.45, 7) is 6.52. The third-order valence-electron chi connectivity index (χ3n) is 4.28. The largest absolute Gasteiger partial charge is 0.325 e. The lowest BCUT2D eigenvalue weighted by molar-refractivity contribution is -0.113. The Morgan fingerprint density at radius 1 is 1.14 bits per heavy atom. The Hall–Kier alpha value is -2.67. The van der Waals surface area contributed by atoms with E-state index in [2.05, 4.69) is 48.4 Å². The van der Waals surface area contributed by atoms with Crippen LogP contribution in [0.1, 0.15) is 26.3 Å². The molecule has 0 unspecified atom stereocenters. The van der Waals surface area contributed by atoms with Crippen LogP contribution in [0.3, 0.4) is 0 Å². The number of carbonyl (C=O) groups excluding carboxylic acids is 1. The molecule has 0 spiro atoms. The van der Waals surface area contributed by atoms with Crippen molar-refractivity contribution in [2.75, 3.05) is 11.1 Å². The monoisotopic (exact) mass is 398 g/mol. The van der Waals surface area contributed by atoms with Gasteiger partial charge in [0.15, 0.2) is 11.0 Å². The lowest BCUT2D eigenvalue weighted by Crippen LogP contribution is -2.14. The van der Waals surface area contributed by atoms with Crippen LogP contribution in [-0.2, 0) is 17.3 Å². The molecule has 0 bridgehead atoms. The quantitative estimate of drug-likeness (QED) is 0.636. The van der Waals surface area contributed by atoms with Gasteiger partial charge in [0.05, 0.1) is 5.75 Å². The molecule has 0 aliphatic heterocycles. The average Bonchev–Trinajstić information content (AvgIpc) is 3.00. The number of anilines is 1. The van der Waals surface area contributed by atoms with Gasteiger partial charge in [0.1, 0.15) is 5.82 Å². The molecule has 7 heteroatoms. The smallest absolute Gasteiger partial charge is 0.234 e. The Kier molecular flexibility index (Phi) is 5.84. The molecule has 2 aromatic carbocycles. The molecular formula is C21H23FN4OS. The Morgan fingerprint density at radius 2 is 1.86 bits per heavy atom. The van der Waals surface area contributed by atoms with Crippen LogP contribution in [0.15, 0.2) is 53.7 Å². The van der Waals surface area contributed by atoms with Crippen molar-refractivity contribution in [3.8, 4) is 11.4 Å². The number of halogens is 1. The first-order valence-electron chi connectivity index (χ1n) is 8.92. The highest BCUT2D eigenvalue weighted by Crippen LogP contribution is 2.27. The Bertz CT molecular complexity index is 977. The number of benzene rings is 2. The van der Waals surface area contributed by atoms with E-state index in [9.17, 15) is 9.18 Å². The van der Waals surface area contributed by atoms with E-state index in [1.807, 2.05) is 23.7 Å². The number of hydrogen-bond acceptors (Lipinski definition) is 4. The molecule has 0 aliphatic rings. The van der Waals surface area contributed by atoms with Gasteiger partial charge in [0, 0.05) is 18.3 Å². The Balaban J connectivity index is 1.65. The molecule has 0 atom stereocenters. The number of carbonyl (C=O) groups is 1. The van der Waals surface area contributed by atoms with Gasteiger partial charge >= 0.3 is 0 Å². The third-order valence-corrected chi connectivity index (χ3v) is 5.31. The van der Waals surface area contributed by atoms with Crippen molar-refractivity contribution in [1.82, 2.24) is 14.8 Å². The second kappa shape index (κ2) is 8.14. The first-order chi connectivity index (χ1) is 13.2. The minimum absolute atomic E-state index is 0.0917. The van der Waals surface area contributed by atoms with Crippen molar-refractivity contribution in [3.63, 3.8) is 0 Å². The zero-order chi connectivity index (χ0) is 20.3. The van der Waals surface area contributed by atoms with Gasteiger partial charge in [-0.25, -0.2) is 4.39 Å². The van der Waals surface area contributed by atoms with Crippen LogP contribution in [0.25, 0.3) is 11.4 Å². The molecule has 3 aromatic rings. The highest BCUT2D eigenvalue weighted by atomic mass is 32.2. The van der Waals surface area contributed by atoms with Crippen LogP contribution in [0.2, 0.25) is 0 Å². The Morgan fingerprint density at radius 3 is 2.50 bits per heavy atom. The summed E-state index contributed by atoms with van der Waals surface area (Å²) in [5.41, 5.74) is 2.75. The van der Waals surface area contributed by atoms with Gasteiger partial charge in [-0.1, -0.05) is 62.9 Å². The number of thioether (sulfide) groups is 1. The average molecular weight is 399 g/mol. The first-order valence-corrected chi connectivity index (χ1v) is 9.91. The molecule has 0 saturated carbocycles. The molecule has 0 fully saturated rings. The van der Waals surface area contributed by atoms with Gasteiger partial charge < -0.3 is 9.88 Å². The minimum Gasteiger partial charge on any atom is -0.325 e. The number of nitrogens with one attached hydrogen (secondary N) is 1. The maximum absolute atomic E-state index is 13.2. The standard InChI is InChI=1S/C21H23FN4OS/c1-21(2,3)15-10-8-14(9-11-15)19-24-25-20(26(19)4)28-13-18(27)23-17-7-5-6-16(22)12-17/h5-12H,13H2,1-4H3,(H,23,27). The highest BCUT2D eigenvalue weighted by Gasteiger charge is 2.16. The van der Waals surface area contributed by atoms with Crippen LogP contribution in [0.4, 0.5) is 10.1 Å². The molecular weight excluding hydrogens is 375 g/mol. The van der Waals surface area contributed by atoms with Gasteiger partial charge in [-0.15, -0.1) is 10.2 Å². The molecule has 1 aromatic heterocycles. The van der Waals surface area contributed by atoms with E-state index in [-0.39, 0.29) is 22.9 Å². The van der Waals surface area contributed by atoms with E-state index in [0.717, 1.165) is 11.4 Å². The summed E-state index contributed by atoms with van der Waals surface area (Å²) in [5.74, 6) is 0.287. The van der Waals surface area contributed by atoms with Crippen LogP contribution in [0, 0.1) is 5.82 Å². The van der Waals surface area contributed by atoms with E-state index < -0.39 is 0 Å². The number of rotatable bonds is 5. The van der Waals surface area contributed by atoms with Crippen molar-refractivity contribution in [2.45, 2.75) is 31.3 Å². The topological polar surface area (TPSA) is 59.8 Å². The van der Waals surface area contributed by atoms with Crippen LogP contribution < -0.4 is 5.32 Å². The number of nitrogens with zero attached hydrogens (tertiary/aromatic N) is 3. The molecule has 3 rings (SSSR count).